The smallest absolute Gasteiger partial charge is 0.387 e. The standard InChI is InChI=1S/C19H16F2N4O/c1-12-6-8-13(9-7-12)16-10-15(24-19-22-11-23-25(16)19)14-4-2-3-5-17(14)26-18(20)21/h2-11,16,18H,1H3,(H,22,23,24)/t16-/m1/s1. The van der Waals surface area contributed by atoms with Crippen LogP contribution in [0.3, 0.4) is 0 Å². The van der Waals surface area contributed by atoms with E-state index < -0.39 is 6.61 Å². The molecule has 0 saturated carbocycles. The van der Waals surface area contributed by atoms with Crippen molar-refractivity contribution >= 4 is 11.6 Å². The van der Waals surface area contributed by atoms with Crippen LogP contribution in [0.4, 0.5) is 14.7 Å². The highest BCUT2D eigenvalue weighted by Gasteiger charge is 2.25. The van der Waals surface area contributed by atoms with Crippen LogP contribution in [-0.4, -0.2) is 21.4 Å². The number of hydrogen-bond donors (Lipinski definition) is 1. The average molecular weight is 354 g/mol. The highest BCUT2D eigenvalue weighted by Crippen LogP contribution is 2.35. The van der Waals surface area contributed by atoms with E-state index in [1.165, 1.54) is 12.4 Å². The molecule has 0 radical (unpaired) electrons. The van der Waals surface area contributed by atoms with Crippen LogP contribution in [-0.2, 0) is 0 Å². The van der Waals surface area contributed by atoms with Crippen molar-refractivity contribution in [2.45, 2.75) is 19.6 Å². The number of ether oxygens (including phenoxy) is 1. The zero-order valence-electron chi connectivity index (χ0n) is 13.9. The van der Waals surface area contributed by atoms with Crippen molar-refractivity contribution in [1.29, 1.82) is 0 Å². The van der Waals surface area contributed by atoms with Gasteiger partial charge in [0.25, 0.3) is 0 Å². The van der Waals surface area contributed by atoms with E-state index in [4.69, 9.17) is 0 Å². The zero-order valence-corrected chi connectivity index (χ0v) is 13.9. The van der Waals surface area contributed by atoms with Crippen molar-refractivity contribution < 1.29 is 13.5 Å². The van der Waals surface area contributed by atoms with Gasteiger partial charge in [-0.3, -0.25) is 0 Å². The molecule has 3 aromatic rings. The van der Waals surface area contributed by atoms with Gasteiger partial charge in [0.05, 0.1) is 5.70 Å². The van der Waals surface area contributed by atoms with Crippen LogP contribution in [0.15, 0.2) is 60.9 Å². The largest absolute Gasteiger partial charge is 0.434 e. The Kier molecular flexibility index (Phi) is 4.12. The number of nitrogens with zero attached hydrogens (tertiary/aromatic N) is 3. The first-order valence-corrected chi connectivity index (χ1v) is 8.11. The summed E-state index contributed by atoms with van der Waals surface area (Å²) in [5, 5.41) is 7.43. The molecule has 1 aliphatic rings. The Balaban J connectivity index is 1.79. The van der Waals surface area contributed by atoms with E-state index in [0.29, 0.717) is 17.2 Å². The third-order valence-electron chi connectivity index (χ3n) is 4.22. The number of benzene rings is 2. The zero-order chi connectivity index (χ0) is 18.1. The number of hydrogen-bond acceptors (Lipinski definition) is 4. The maximum absolute atomic E-state index is 12.7. The van der Waals surface area contributed by atoms with E-state index in [0.717, 1.165) is 11.1 Å². The molecule has 0 unspecified atom stereocenters. The average Bonchev–Trinajstić information content (AvgIpc) is 3.10. The first-order chi connectivity index (χ1) is 12.6. The second kappa shape index (κ2) is 6.59. The Labute approximate surface area is 148 Å². The Morgan fingerprint density at radius 3 is 2.65 bits per heavy atom. The van der Waals surface area contributed by atoms with Gasteiger partial charge in [0.15, 0.2) is 0 Å². The van der Waals surface area contributed by atoms with Gasteiger partial charge < -0.3 is 10.1 Å². The van der Waals surface area contributed by atoms with E-state index in [1.807, 2.05) is 37.3 Å². The molecule has 0 aliphatic carbocycles. The molecule has 0 fully saturated rings. The van der Waals surface area contributed by atoms with Crippen LogP contribution in [0.5, 0.6) is 5.75 Å². The molecule has 2 heterocycles. The molecule has 1 aromatic heterocycles. The molecule has 4 rings (SSSR count). The van der Waals surface area contributed by atoms with Crippen LogP contribution in [0.1, 0.15) is 22.7 Å². The van der Waals surface area contributed by atoms with Gasteiger partial charge in [0.2, 0.25) is 5.95 Å². The van der Waals surface area contributed by atoms with Crippen molar-refractivity contribution in [3.8, 4) is 5.75 Å². The van der Waals surface area contributed by atoms with E-state index in [-0.39, 0.29) is 11.8 Å². The van der Waals surface area contributed by atoms with Crippen molar-refractivity contribution in [3.63, 3.8) is 0 Å². The topological polar surface area (TPSA) is 52.0 Å². The fourth-order valence-electron chi connectivity index (χ4n) is 2.98. The summed E-state index contributed by atoms with van der Waals surface area (Å²) in [6.45, 7) is -0.872. The Morgan fingerprint density at radius 1 is 1.12 bits per heavy atom. The Hall–Kier alpha value is -3.22. The molecule has 5 nitrogen and oxygen atoms in total. The van der Waals surface area contributed by atoms with E-state index in [2.05, 4.69) is 20.1 Å². The molecule has 26 heavy (non-hydrogen) atoms. The number of fused-ring (bicyclic) bond motifs is 1. The van der Waals surface area contributed by atoms with E-state index in [1.54, 1.807) is 22.9 Å². The third kappa shape index (κ3) is 3.03. The second-order valence-electron chi connectivity index (χ2n) is 5.96. The number of rotatable bonds is 4. The molecule has 1 N–H and O–H groups in total. The fourth-order valence-corrected chi connectivity index (χ4v) is 2.98. The summed E-state index contributed by atoms with van der Waals surface area (Å²) in [6, 6.07) is 14.6. The quantitative estimate of drug-likeness (QED) is 0.761. The van der Waals surface area contributed by atoms with Crippen molar-refractivity contribution in [1.82, 2.24) is 14.8 Å². The second-order valence-corrected chi connectivity index (χ2v) is 5.96. The molecule has 132 valence electrons. The first kappa shape index (κ1) is 16.3. The summed E-state index contributed by atoms with van der Waals surface area (Å²) in [6.07, 6.45) is 3.39. The minimum atomic E-state index is -2.89. The van der Waals surface area contributed by atoms with Crippen molar-refractivity contribution in [3.05, 3.63) is 77.6 Å². The Bertz CT molecular complexity index is 950. The molecule has 0 bridgehead atoms. The number of anilines is 1. The molecule has 2 aromatic carbocycles. The number of aromatic nitrogens is 3. The predicted octanol–water partition coefficient (Wildman–Crippen LogP) is 4.24. The van der Waals surface area contributed by atoms with Gasteiger partial charge in [0, 0.05) is 5.56 Å². The molecular formula is C19H16F2N4O. The van der Waals surface area contributed by atoms with Gasteiger partial charge in [0.1, 0.15) is 18.1 Å². The maximum Gasteiger partial charge on any atom is 0.387 e. The summed E-state index contributed by atoms with van der Waals surface area (Å²) >= 11 is 0. The van der Waals surface area contributed by atoms with Gasteiger partial charge in [-0.05, 0) is 30.7 Å². The van der Waals surface area contributed by atoms with Gasteiger partial charge in [-0.1, -0.05) is 42.0 Å². The van der Waals surface area contributed by atoms with Crippen LogP contribution < -0.4 is 10.1 Å². The minimum absolute atomic E-state index is 0.108. The fraction of sp³-hybridized carbons (Fsp3) is 0.158. The lowest BCUT2D eigenvalue weighted by atomic mass is 10.0. The van der Waals surface area contributed by atoms with Gasteiger partial charge >= 0.3 is 6.61 Å². The number of para-hydroxylation sites is 1. The molecule has 0 amide bonds. The van der Waals surface area contributed by atoms with Crippen LogP contribution in [0.2, 0.25) is 0 Å². The monoisotopic (exact) mass is 354 g/mol. The molecule has 0 saturated heterocycles. The summed E-state index contributed by atoms with van der Waals surface area (Å²) < 4.78 is 31.9. The summed E-state index contributed by atoms with van der Waals surface area (Å²) in [5.41, 5.74) is 3.36. The molecule has 1 atom stereocenters. The normalized spacial score (nSPS) is 16.0. The molecule has 1 aliphatic heterocycles. The van der Waals surface area contributed by atoms with Crippen LogP contribution in [0.25, 0.3) is 5.70 Å². The van der Waals surface area contributed by atoms with Gasteiger partial charge in [-0.15, -0.1) is 0 Å². The van der Waals surface area contributed by atoms with Crippen molar-refractivity contribution in [2.75, 3.05) is 5.32 Å². The van der Waals surface area contributed by atoms with Crippen LogP contribution >= 0.6 is 0 Å². The number of nitrogens with one attached hydrogen (secondary N) is 1. The van der Waals surface area contributed by atoms with Crippen molar-refractivity contribution in [2.24, 2.45) is 0 Å². The van der Waals surface area contributed by atoms with Crippen LogP contribution in [0, 0.1) is 6.92 Å². The van der Waals surface area contributed by atoms with Gasteiger partial charge in [-0.25, -0.2) is 4.68 Å². The SMILES string of the molecule is Cc1ccc([C@H]2C=C(c3ccccc3OC(F)F)Nc3ncnn32)cc1. The maximum atomic E-state index is 12.7. The minimum Gasteiger partial charge on any atom is -0.434 e. The number of allylic oxidation sites excluding steroid dienone is 1. The predicted molar refractivity (Wildman–Crippen MR) is 94.0 cm³/mol. The molecule has 7 heteroatoms. The van der Waals surface area contributed by atoms with E-state index in [9.17, 15) is 8.78 Å². The lowest BCUT2D eigenvalue weighted by Crippen LogP contribution is -2.20. The Morgan fingerprint density at radius 2 is 1.88 bits per heavy atom. The van der Waals surface area contributed by atoms with E-state index >= 15 is 0 Å². The summed E-state index contributed by atoms with van der Waals surface area (Å²) in [7, 11) is 0. The first-order valence-electron chi connectivity index (χ1n) is 8.11. The highest BCUT2D eigenvalue weighted by molar-refractivity contribution is 5.80. The lowest BCUT2D eigenvalue weighted by Gasteiger charge is -2.25. The highest BCUT2D eigenvalue weighted by atomic mass is 19.3. The molecular weight excluding hydrogens is 338 g/mol. The third-order valence-corrected chi connectivity index (χ3v) is 4.22. The molecule has 0 spiro atoms. The number of aryl methyl sites for hydroxylation is 1. The lowest BCUT2D eigenvalue weighted by molar-refractivity contribution is -0.0500. The summed E-state index contributed by atoms with van der Waals surface area (Å²) in [5.74, 6) is 0.650. The summed E-state index contributed by atoms with van der Waals surface area (Å²) in [4.78, 5) is 4.23. The van der Waals surface area contributed by atoms with Gasteiger partial charge in [-0.2, -0.15) is 18.9 Å². The number of alkyl halides is 2. The number of halogens is 2.